The van der Waals surface area contributed by atoms with Gasteiger partial charge < -0.3 is 9.84 Å². The van der Waals surface area contributed by atoms with E-state index < -0.39 is 32.7 Å². The van der Waals surface area contributed by atoms with E-state index in [1.165, 1.54) is 0 Å². The molecule has 1 aromatic rings. The van der Waals surface area contributed by atoms with Crippen LogP contribution in [0.25, 0.3) is 0 Å². The molecule has 0 amide bonds. The molecule has 1 aliphatic rings. The summed E-state index contributed by atoms with van der Waals surface area (Å²) in [5.74, 6) is -1.62. The number of carbonyl (C=O) groups is 1. The predicted octanol–water partition coefficient (Wildman–Crippen LogP) is 0.758. The molecule has 116 valence electrons. The average molecular weight is 317 g/mol. The summed E-state index contributed by atoms with van der Waals surface area (Å²) in [7, 11) is -2.96. The van der Waals surface area contributed by atoms with Crippen LogP contribution in [0.2, 0.25) is 0 Å². The zero-order valence-electron chi connectivity index (χ0n) is 11.5. The predicted molar refractivity (Wildman–Crippen MR) is 71.7 cm³/mol. The third-order valence-corrected chi connectivity index (χ3v) is 5.46. The number of benzene rings is 1. The van der Waals surface area contributed by atoms with Gasteiger partial charge in [-0.1, -0.05) is 0 Å². The zero-order valence-corrected chi connectivity index (χ0v) is 12.3. The molecule has 8 heteroatoms. The van der Waals surface area contributed by atoms with Gasteiger partial charge in [-0.2, -0.15) is 4.31 Å². The fourth-order valence-corrected chi connectivity index (χ4v) is 4.30. The highest BCUT2D eigenvalue weighted by Crippen LogP contribution is 2.28. The minimum atomic E-state index is -4.08. The monoisotopic (exact) mass is 317 g/mol. The van der Waals surface area contributed by atoms with E-state index in [4.69, 9.17) is 0 Å². The number of carbonyl (C=O) groups excluding carboxylic acids is 1. The van der Waals surface area contributed by atoms with E-state index in [1.807, 2.05) is 0 Å². The average Bonchev–Trinajstić information content (AvgIpc) is 2.95. The summed E-state index contributed by atoms with van der Waals surface area (Å²) in [6.45, 7) is -0.0905. The van der Waals surface area contributed by atoms with Crippen molar-refractivity contribution in [3.8, 4) is 0 Å². The van der Waals surface area contributed by atoms with Gasteiger partial charge in [0.15, 0.2) is 0 Å². The van der Waals surface area contributed by atoms with Crippen LogP contribution < -0.4 is 0 Å². The van der Waals surface area contributed by atoms with Crippen molar-refractivity contribution in [2.75, 3.05) is 20.3 Å². The molecule has 0 spiro atoms. The quantitative estimate of drug-likeness (QED) is 0.829. The Balaban J connectivity index is 2.53. The van der Waals surface area contributed by atoms with Gasteiger partial charge in [-0.3, -0.25) is 0 Å². The third-order valence-electron chi connectivity index (χ3n) is 3.47. The molecule has 1 aromatic carbocycles. The van der Waals surface area contributed by atoms with Crippen LogP contribution in [0.15, 0.2) is 23.1 Å². The van der Waals surface area contributed by atoms with E-state index in [-0.39, 0.29) is 18.7 Å². The molecule has 0 radical (unpaired) electrons. The van der Waals surface area contributed by atoms with Crippen LogP contribution in [-0.2, 0) is 14.8 Å². The number of nitrogens with zero attached hydrogens (tertiary/aromatic N) is 1. The molecule has 0 unspecified atom stereocenters. The van der Waals surface area contributed by atoms with Crippen LogP contribution in [0.5, 0.6) is 0 Å². The van der Waals surface area contributed by atoms with Gasteiger partial charge in [-0.15, -0.1) is 0 Å². The lowest BCUT2D eigenvalue weighted by atomic mass is 10.2. The lowest BCUT2D eigenvalue weighted by Gasteiger charge is -2.23. The van der Waals surface area contributed by atoms with Crippen molar-refractivity contribution in [1.29, 1.82) is 0 Å². The highest BCUT2D eigenvalue weighted by atomic mass is 32.2. The molecule has 0 aromatic heterocycles. The molecule has 1 aliphatic heterocycles. The highest BCUT2D eigenvalue weighted by molar-refractivity contribution is 7.89. The van der Waals surface area contributed by atoms with E-state index in [1.54, 1.807) is 0 Å². The number of rotatable bonds is 4. The molecular formula is C13H16FNO5S. The van der Waals surface area contributed by atoms with Gasteiger partial charge in [0.1, 0.15) is 5.82 Å². The minimum Gasteiger partial charge on any atom is -0.465 e. The maximum Gasteiger partial charge on any atom is 0.339 e. The smallest absolute Gasteiger partial charge is 0.339 e. The second kappa shape index (κ2) is 6.08. The van der Waals surface area contributed by atoms with E-state index in [9.17, 15) is 22.7 Å². The normalized spacial score (nSPS) is 19.7. The van der Waals surface area contributed by atoms with Crippen LogP contribution in [-0.4, -0.2) is 50.1 Å². The summed E-state index contributed by atoms with van der Waals surface area (Å²) in [5.41, 5.74) is -0.220. The van der Waals surface area contributed by atoms with E-state index in [0.29, 0.717) is 12.8 Å². The minimum absolute atomic E-state index is 0.220. The first-order valence-electron chi connectivity index (χ1n) is 6.42. The lowest BCUT2D eigenvalue weighted by molar-refractivity contribution is 0.0596. The second-order valence-electron chi connectivity index (χ2n) is 4.73. The van der Waals surface area contributed by atoms with Gasteiger partial charge in [0, 0.05) is 12.6 Å². The number of halogens is 1. The number of esters is 1. The molecule has 1 atom stereocenters. The van der Waals surface area contributed by atoms with Crippen LogP contribution in [0.4, 0.5) is 4.39 Å². The van der Waals surface area contributed by atoms with Crippen molar-refractivity contribution in [1.82, 2.24) is 4.31 Å². The number of aliphatic hydroxyl groups excluding tert-OH is 1. The molecule has 1 fully saturated rings. The van der Waals surface area contributed by atoms with Crippen LogP contribution in [0.3, 0.4) is 0 Å². The SMILES string of the molecule is COC(=O)c1ccc(F)cc1S(=O)(=O)N1CCC[C@H]1CO. The summed E-state index contributed by atoms with van der Waals surface area (Å²) in [5, 5.41) is 9.25. The molecule has 2 rings (SSSR count). The summed E-state index contributed by atoms with van der Waals surface area (Å²) in [6, 6.07) is 2.33. The maximum absolute atomic E-state index is 13.4. The number of aliphatic hydroxyl groups is 1. The highest BCUT2D eigenvalue weighted by Gasteiger charge is 2.37. The Hall–Kier alpha value is -1.51. The molecule has 0 aliphatic carbocycles. The summed E-state index contributed by atoms with van der Waals surface area (Å²) < 4.78 is 44.3. The Labute approximate surface area is 122 Å². The van der Waals surface area contributed by atoms with Gasteiger partial charge in [-0.05, 0) is 31.0 Å². The summed E-state index contributed by atoms with van der Waals surface area (Å²) in [4.78, 5) is 11.2. The number of ether oxygens (including phenoxy) is 1. The standard InChI is InChI=1S/C13H16FNO5S/c1-20-13(17)11-5-4-9(14)7-12(11)21(18,19)15-6-2-3-10(15)8-16/h4-5,7,10,16H,2-3,6,8H2,1H3/t10-/m0/s1. The molecular weight excluding hydrogens is 301 g/mol. The molecule has 1 saturated heterocycles. The van der Waals surface area contributed by atoms with Gasteiger partial charge >= 0.3 is 5.97 Å². The number of methoxy groups -OCH3 is 1. The maximum atomic E-state index is 13.4. The number of hydrogen-bond donors (Lipinski definition) is 1. The lowest BCUT2D eigenvalue weighted by Crippen LogP contribution is -2.38. The topological polar surface area (TPSA) is 83.9 Å². The molecule has 0 saturated carbocycles. The van der Waals surface area contributed by atoms with Crippen molar-refractivity contribution < 1.29 is 27.4 Å². The van der Waals surface area contributed by atoms with Crippen molar-refractivity contribution in [3.63, 3.8) is 0 Å². The first-order valence-corrected chi connectivity index (χ1v) is 7.86. The van der Waals surface area contributed by atoms with Crippen LogP contribution >= 0.6 is 0 Å². The van der Waals surface area contributed by atoms with Crippen molar-refractivity contribution >= 4 is 16.0 Å². The Kier molecular flexibility index (Phi) is 4.60. The van der Waals surface area contributed by atoms with Crippen molar-refractivity contribution in [2.45, 2.75) is 23.8 Å². The van der Waals surface area contributed by atoms with Crippen LogP contribution in [0, 0.1) is 5.82 Å². The number of hydrogen-bond acceptors (Lipinski definition) is 5. The number of sulfonamides is 1. The first kappa shape index (κ1) is 15.9. The van der Waals surface area contributed by atoms with Crippen molar-refractivity contribution in [2.24, 2.45) is 0 Å². The fraction of sp³-hybridized carbons (Fsp3) is 0.462. The summed E-state index contributed by atoms with van der Waals surface area (Å²) >= 11 is 0. The summed E-state index contributed by atoms with van der Waals surface area (Å²) in [6.07, 6.45) is 1.13. The zero-order chi connectivity index (χ0) is 15.6. The van der Waals surface area contributed by atoms with Gasteiger partial charge in [0.05, 0.1) is 24.2 Å². The van der Waals surface area contributed by atoms with Gasteiger partial charge in [0.2, 0.25) is 10.0 Å². The van der Waals surface area contributed by atoms with Crippen molar-refractivity contribution in [3.05, 3.63) is 29.6 Å². The molecule has 0 bridgehead atoms. The van der Waals surface area contributed by atoms with Gasteiger partial charge in [-0.25, -0.2) is 17.6 Å². The Morgan fingerprint density at radius 2 is 2.24 bits per heavy atom. The van der Waals surface area contributed by atoms with E-state index in [2.05, 4.69) is 4.74 Å². The molecule has 21 heavy (non-hydrogen) atoms. The second-order valence-corrected chi connectivity index (χ2v) is 6.59. The Morgan fingerprint density at radius 1 is 1.52 bits per heavy atom. The Bertz CT molecular complexity index is 646. The van der Waals surface area contributed by atoms with E-state index >= 15 is 0 Å². The fourth-order valence-electron chi connectivity index (χ4n) is 2.42. The Morgan fingerprint density at radius 3 is 2.86 bits per heavy atom. The molecule has 6 nitrogen and oxygen atoms in total. The van der Waals surface area contributed by atoms with Gasteiger partial charge in [0.25, 0.3) is 0 Å². The first-order chi connectivity index (χ1) is 9.91. The molecule has 1 N–H and O–H groups in total. The third kappa shape index (κ3) is 2.92. The molecule has 1 heterocycles. The van der Waals surface area contributed by atoms with Crippen LogP contribution in [0.1, 0.15) is 23.2 Å². The van der Waals surface area contributed by atoms with E-state index in [0.717, 1.165) is 29.6 Å². The largest absolute Gasteiger partial charge is 0.465 e.